The van der Waals surface area contributed by atoms with Gasteiger partial charge in [-0.05, 0) is 23.6 Å². The summed E-state index contributed by atoms with van der Waals surface area (Å²) in [6.45, 7) is 6.30. The van der Waals surface area contributed by atoms with E-state index in [-0.39, 0.29) is 17.5 Å². The van der Waals surface area contributed by atoms with E-state index in [1.165, 1.54) is 13.1 Å². The smallest absolute Gasteiger partial charge is 0.168 e. The molecule has 0 bridgehead atoms. The summed E-state index contributed by atoms with van der Waals surface area (Å²) >= 11 is 12.0. The molecule has 1 fully saturated rings. The summed E-state index contributed by atoms with van der Waals surface area (Å²) in [6.07, 6.45) is 2.31. The highest BCUT2D eigenvalue weighted by molar-refractivity contribution is 6.42. The van der Waals surface area contributed by atoms with Gasteiger partial charge in [-0.15, -0.1) is 0 Å². The monoisotopic (exact) mass is 397 g/mol. The van der Waals surface area contributed by atoms with Crippen LogP contribution in [0.15, 0.2) is 34.5 Å². The number of carbonyl (C=O) groups excluding carboxylic acids is 1. The molecule has 7 heteroatoms. The number of allylic oxidation sites excluding steroid dienone is 2. The van der Waals surface area contributed by atoms with E-state index < -0.39 is 0 Å². The van der Waals surface area contributed by atoms with Crippen LogP contribution in [0.1, 0.15) is 24.3 Å². The van der Waals surface area contributed by atoms with Crippen molar-refractivity contribution >= 4 is 35.2 Å². The third-order valence-corrected chi connectivity index (χ3v) is 5.86. The Morgan fingerprint density at radius 1 is 1.23 bits per heavy atom. The number of aliphatic hydroxyl groups excluding tert-OH is 1. The van der Waals surface area contributed by atoms with Crippen LogP contribution in [-0.2, 0) is 4.79 Å². The number of nitrogens with zero attached hydrogens (tertiary/aromatic N) is 1. The fourth-order valence-corrected chi connectivity index (χ4v) is 3.88. The Morgan fingerprint density at radius 3 is 2.69 bits per heavy atom. The number of halogens is 2. The molecule has 2 aliphatic rings. The summed E-state index contributed by atoms with van der Waals surface area (Å²) < 4.78 is 0. The molecule has 0 radical (unpaired) electrons. The number of nitrogens with one attached hydrogen (secondary N) is 1. The van der Waals surface area contributed by atoms with Crippen molar-refractivity contribution in [3.8, 4) is 0 Å². The van der Waals surface area contributed by atoms with Crippen LogP contribution in [0, 0.1) is 0 Å². The summed E-state index contributed by atoms with van der Waals surface area (Å²) in [7, 11) is 0. The van der Waals surface area contributed by atoms with E-state index in [0.29, 0.717) is 35.0 Å². The molecule has 140 valence electrons. The Balaban J connectivity index is 1.60. The summed E-state index contributed by atoms with van der Waals surface area (Å²) in [5.41, 5.74) is 1.27. The van der Waals surface area contributed by atoms with Gasteiger partial charge >= 0.3 is 0 Å². The summed E-state index contributed by atoms with van der Waals surface area (Å²) in [4.78, 5) is 18.4. The molecule has 1 atom stereocenters. The van der Waals surface area contributed by atoms with Gasteiger partial charge in [-0.1, -0.05) is 29.3 Å². The first-order chi connectivity index (χ1) is 12.5. The zero-order chi connectivity index (χ0) is 18.5. The van der Waals surface area contributed by atoms with Crippen LogP contribution in [0.2, 0.25) is 10.0 Å². The fraction of sp³-hybridized carbons (Fsp3) is 0.474. The number of hydrogen-bond donors (Lipinski definition) is 3. The molecule has 0 saturated carbocycles. The number of carbonyl (C=O) groups is 1. The van der Waals surface area contributed by atoms with Crippen molar-refractivity contribution in [1.29, 1.82) is 0 Å². The van der Waals surface area contributed by atoms with Gasteiger partial charge in [0.05, 0.1) is 28.7 Å². The lowest BCUT2D eigenvalue weighted by molar-refractivity contribution is -0.945. The highest BCUT2D eigenvalue weighted by atomic mass is 35.5. The fourth-order valence-electron chi connectivity index (χ4n) is 3.57. The normalized spacial score (nSPS) is 22.4. The van der Waals surface area contributed by atoms with Gasteiger partial charge in [0, 0.05) is 19.1 Å². The van der Waals surface area contributed by atoms with E-state index in [2.05, 4.69) is 10.3 Å². The number of aliphatic hydroxyl groups is 1. The summed E-state index contributed by atoms with van der Waals surface area (Å²) in [6, 6.07) is 5.35. The Morgan fingerprint density at radius 2 is 2.00 bits per heavy atom. The Bertz CT molecular complexity index is 727. The number of aliphatic imine (C=N–C) groups is 1. The van der Waals surface area contributed by atoms with Crippen molar-refractivity contribution in [2.24, 2.45) is 4.99 Å². The first kappa shape index (κ1) is 19.4. The molecule has 1 aromatic rings. The van der Waals surface area contributed by atoms with Gasteiger partial charge in [0.25, 0.3) is 0 Å². The van der Waals surface area contributed by atoms with E-state index in [1.807, 2.05) is 6.07 Å². The number of benzene rings is 1. The zero-order valence-electron chi connectivity index (χ0n) is 14.7. The molecule has 3 rings (SSSR count). The standard InChI is InChI=1S/C19H23Cl2N3O2/c20-16-2-1-13(9-17(16)21)14-10-18(25)15(19(26)11-14)12-23-5-8-24-6-3-22-4-7-24/h1-2,9,12,14,22,25H,3-8,10-11H2/p+2. The molecule has 0 amide bonds. The summed E-state index contributed by atoms with van der Waals surface area (Å²) in [5, 5.41) is 13.6. The number of ketones is 1. The highest BCUT2D eigenvalue weighted by Crippen LogP contribution is 2.35. The van der Waals surface area contributed by atoms with Crippen LogP contribution >= 0.6 is 23.2 Å². The molecule has 1 aliphatic heterocycles. The van der Waals surface area contributed by atoms with Gasteiger partial charge in [0.15, 0.2) is 5.78 Å². The molecule has 0 aromatic heterocycles. The Labute approximate surface area is 163 Å². The molecular weight excluding hydrogens is 373 g/mol. The molecule has 0 spiro atoms. The molecule has 1 aliphatic carbocycles. The predicted molar refractivity (Wildman–Crippen MR) is 104 cm³/mol. The van der Waals surface area contributed by atoms with Crippen molar-refractivity contribution < 1.29 is 20.1 Å². The zero-order valence-corrected chi connectivity index (χ0v) is 16.2. The number of piperazine rings is 1. The van der Waals surface area contributed by atoms with Crippen molar-refractivity contribution in [3.63, 3.8) is 0 Å². The van der Waals surface area contributed by atoms with Gasteiger partial charge < -0.3 is 15.3 Å². The maximum Gasteiger partial charge on any atom is 0.168 e. The van der Waals surface area contributed by atoms with Crippen LogP contribution in [0.25, 0.3) is 0 Å². The third kappa shape index (κ3) is 4.86. The number of quaternary nitrogens is 2. The van der Waals surface area contributed by atoms with Gasteiger partial charge in [0.1, 0.15) is 31.9 Å². The summed E-state index contributed by atoms with van der Waals surface area (Å²) in [5.74, 6) is -0.0436. The average molecular weight is 398 g/mol. The van der Waals surface area contributed by atoms with E-state index in [1.54, 1.807) is 23.2 Å². The molecule has 26 heavy (non-hydrogen) atoms. The number of rotatable bonds is 5. The van der Waals surface area contributed by atoms with Crippen LogP contribution in [0.5, 0.6) is 0 Å². The SMILES string of the molecule is O=C1CC(c2ccc(Cl)c(Cl)c2)CC(O)=C1C=NCC[NH+]1CC[NH2+]CC1. The molecule has 1 aromatic carbocycles. The topological polar surface area (TPSA) is 70.7 Å². The van der Waals surface area contributed by atoms with Gasteiger partial charge in [-0.3, -0.25) is 9.79 Å². The van der Waals surface area contributed by atoms with Crippen LogP contribution in [-0.4, -0.2) is 56.4 Å². The van der Waals surface area contributed by atoms with E-state index in [9.17, 15) is 9.90 Å². The van der Waals surface area contributed by atoms with E-state index in [4.69, 9.17) is 23.2 Å². The lowest BCUT2D eigenvalue weighted by Gasteiger charge is -2.23. The maximum atomic E-state index is 12.5. The number of nitrogens with two attached hydrogens (primary N) is 1. The lowest BCUT2D eigenvalue weighted by atomic mass is 9.83. The third-order valence-electron chi connectivity index (χ3n) is 5.12. The Kier molecular flexibility index (Phi) is 6.70. The van der Waals surface area contributed by atoms with Gasteiger partial charge in [0.2, 0.25) is 0 Å². The number of Topliss-reactive ketones (excluding diaryl/α,β-unsaturated/α-hetero) is 1. The minimum Gasteiger partial charge on any atom is -0.511 e. The van der Waals surface area contributed by atoms with Gasteiger partial charge in [-0.25, -0.2) is 0 Å². The van der Waals surface area contributed by atoms with E-state index >= 15 is 0 Å². The average Bonchev–Trinajstić information content (AvgIpc) is 2.63. The van der Waals surface area contributed by atoms with Crippen LogP contribution < -0.4 is 10.2 Å². The molecular formula is C19H25Cl2N3O2+2. The lowest BCUT2D eigenvalue weighted by Crippen LogP contribution is -3.20. The van der Waals surface area contributed by atoms with E-state index in [0.717, 1.165) is 25.2 Å². The van der Waals surface area contributed by atoms with Crippen molar-refractivity contribution in [2.45, 2.75) is 18.8 Å². The second-order valence-electron chi connectivity index (χ2n) is 6.96. The second kappa shape index (κ2) is 9.00. The predicted octanol–water partition coefficient (Wildman–Crippen LogP) is 0.785. The van der Waals surface area contributed by atoms with Crippen molar-refractivity contribution in [1.82, 2.24) is 0 Å². The van der Waals surface area contributed by atoms with Crippen molar-refractivity contribution in [2.75, 3.05) is 39.3 Å². The quantitative estimate of drug-likeness (QED) is 0.642. The largest absolute Gasteiger partial charge is 0.511 e. The van der Waals surface area contributed by atoms with Crippen molar-refractivity contribution in [3.05, 3.63) is 45.1 Å². The molecule has 5 nitrogen and oxygen atoms in total. The highest BCUT2D eigenvalue weighted by Gasteiger charge is 2.28. The second-order valence-corrected chi connectivity index (χ2v) is 7.78. The first-order valence-electron chi connectivity index (χ1n) is 9.10. The number of hydrogen-bond acceptors (Lipinski definition) is 3. The molecule has 1 unspecified atom stereocenters. The molecule has 1 heterocycles. The molecule has 4 N–H and O–H groups in total. The van der Waals surface area contributed by atoms with Crippen LogP contribution in [0.3, 0.4) is 0 Å². The Hall–Kier alpha value is -1.40. The molecule has 1 saturated heterocycles. The maximum absolute atomic E-state index is 12.5. The van der Waals surface area contributed by atoms with Gasteiger partial charge in [-0.2, -0.15) is 0 Å². The first-order valence-corrected chi connectivity index (χ1v) is 9.85. The minimum atomic E-state index is -0.0801. The minimum absolute atomic E-state index is 0.0755. The van der Waals surface area contributed by atoms with Crippen LogP contribution in [0.4, 0.5) is 0 Å².